The highest BCUT2D eigenvalue weighted by Gasteiger charge is 2.34. The van der Waals surface area contributed by atoms with Crippen molar-refractivity contribution in [1.29, 1.82) is 5.41 Å². The molecule has 0 aromatic heterocycles. The van der Waals surface area contributed by atoms with Gasteiger partial charge >= 0.3 is 11.9 Å². The number of unbranched alkanes of at least 4 members (excludes halogenated alkanes) is 1. The standard InChI is InChI=1S/C26H49N9O9/c1-13(2)11-17(23(41)35-20(14(3)36)24(42)34-18(25(43)44)12-19(37)38)33-22(40)16(8-6-10-31-26(29)30)32-21(39)15(28)7-4-5-9-27/h13-18,20,36H,4-12,27-28H2,1-3H3,(H,32,39)(H,33,40)(H,34,42)(H,35,41)(H,37,38)(H,43,44)(H4,29,30,31)/t14-,15+,16+,17+,18+,20+/m1/s1. The molecule has 0 heterocycles. The number of carbonyl (C=O) groups is 6. The Morgan fingerprint density at radius 2 is 1.34 bits per heavy atom. The first-order valence-electron chi connectivity index (χ1n) is 14.4. The zero-order valence-corrected chi connectivity index (χ0v) is 25.4. The largest absolute Gasteiger partial charge is 0.481 e. The SMILES string of the molecule is CC(C)C[C@H](NC(=O)[C@H](CCCNC(=N)N)NC(=O)[C@@H](N)CCCCN)C(=O)N[C@H](C(=O)N[C@@H](CC(=O)O)C(=O)O)[C@@H](C)O. The number of nitrogens with two attached hydrogens (primary N) is 3. The summed E-state index contributed by atoms with van der Waals surface area (Å²) in [4.78, 5) is 74.5. The van der Waals surface area contributed by atoms with Crippen molar-refractivity contribution >= 4 is 41.5 Å². The van der Waals surface area contributed by atoms with Crippen LogP contribution in [0.3, 0.4) is 0 Å². The third-order valence-electron chi connectivity index (χ3n) is 6.32. The zero-order valence-electron chi connectivity index (χ0n) is 25.4. The van der Waals surface area contributed by atoms with E-state index in [4.69, 9.17) is 27.7 Å². The third kappa shape index (κ3) is 16.6. The van der Waals surface area contributed by atoms with Gasteiger partial charge in [0.2, 0.25) is 23.6 Å². The summed E-state index contributed by atoms with van der Waals surface area (Å²) in [6, 6.07) is -6.82. The molecule has 0 saturated carbocycles. The number of aliphatic hydroxyl groups excluding tert-OH is 1. The van der Waals surface area contributed by atoms with Crippen molar-refractivity contribution in [1.82, 2.24) is 26.6 Å². The molecule has 0 radical (unpaired) electrons. The second-order valence-corrected chi connectivity index (χ2v) is 10.8. The number of aliphatic carboxylic acids is 2. The molecule has 0 spiro atoms. The van der Waals surface area contributed by atoms with Crippen molar-refractivity contribution in [2.45, 2.75) is 102 Å². The lowest BCUT2D eigenvalue weighted by Crippen LogP contribution is -2.60. The number of hydrogen-bond donors (Lipinski definition) is 12. The molecule has 0 aliphatic carbocycles. The Morgan fingerprint density at radius 1 is 0.773 bits per heavy atom. The highest BCUT2D eigenvalue weighted by molar-refractivity contribution is 5.96. The van der Waals surface area contributed by atoms with Crippen LogP contribution >= 0.6 is 0 Å². The van der Waals surface area contributed by atoms with Gasteiger partial charge in [-0.1, -0.05) is 20.3 Å². The summed E-state index contributed by atoms with van der Waals surface area (Å²) in [5, 5.41) is 47.6. The molecule has 0 saturated heterocycles. The Hall–Kier alpha value is -4.03. The maximum absolute atomic E-state index is 13.4. The Labute approximate surface area is 256 Å². The molecule has 0 aromatic carbocycles. The molecule has 4 amide bonds. The van der Waals surface area contributed by atoms with E-state index in [1.807, 2.05) is 5.32 Å². The Bertz CT molecular complexity index is 994. The van der Waals surface area contributed by atoms with Crippen LogP contribution in [0, 0.1) is 11.3 Å². The highest BCUT2D eigenvalue weighted by atomic mass is 16.4. The van der Waals surface area contributed by atoms with Crippen LogP contribution in [0.2, 0.25) is 0 Å². The fourth-order valence-corrected chi connectivity index (χ4v) is 3.99. The predicted octanol–water partition coefficient (Wildman–Crippen LogP) is -3.37. The number of nitrogens with one attached hydrogen (secondary N) is 6. The maximum atomic E-state index is 13.4. The van der Waals surface area contributed by atoms with Crippen LogP contribution in [0.1, 0.15) is 65.7 Å². The van der Waals surface area contributed by atoms with Gasteiger partial charge in [0.1, 0.15) is 24.2 Å². The van der Waals surface area contributed by atoms with Crippen LogP contribution < -0.4 is 43.8 Å². The summed E-state index contributed by atoms with van der Waals surface area (Å²) in [7, 11) is 0. The molecule has 0 rings (SSSR count). The van der Waals surface area contributed by atoms with Crippen molar-refractivity contribution < 1.29 is 44.1 Å². The van der Waals surface area contributed by atoms with Gasteiger partial charge in [-0.3, -0.25) is 29.4 Å². The molecule has 0 bridgehead atoms. The molecule has 15 N–H and O–H groups in total. The maximum Gasteiger partial charge on any atom is 0.326 e. The van der Waals surface area contributed by atoms with E-state index in [9.17, 15) is 39.0 Å². The fourth-order valence-electron chi connectivity index (χ4n) is 3.99. The number of guanidine groups is 1. The predicted molar refractivity (Wildman–Crippen MR) is 159 cm³/mol. The summed E-state index contributed by atoms with van der Waals surface area (Å²) in [6.45, 7) is 5.34. The van der Waals surface area contributed by atoms with Crippen molar-refractivity contribution in [3.05, 3.63) is 0 Å². The van der Waals surface area contributed by atoms with E-state index in [0.29, 0.717) is 32.2 Å². The van der Waals surface area contributed by atoms with E-state index in [2.05, 4.69) is 21.3 Å². The van der Waals surface area contributed by atoms with Gasteiger partial charge in [-0.15, -0.1) is 0 Å². The number of aliphatic hydroxyl groups is 1. The van der Waals surface area contributed by atoms with E-state index >= 15 is 0 Å². The second-order valence-electron chi connectivity index (χ2n) is 10.8. The Morgan fingerprint density at radius 3 is 1.84 bits per heavy atom. The van der Waals surface area contributed by atoms with E-state index in [1.54, 1.807) is 13.8 Å². The van der Waals surface area contributed by atoms with E-state index in [-0.39, 0.29) is 31.3 Å². The third-order valence-corrected chi connectivity index (χ3v) is 6.32. The lowest BCUT2D eigenvalue weighted by Gasteiger charge is -2.28. The second kappa shape index (κ2) is 20.8. The average molecular weight is 632 g/mol. The zero-order chi connectivity index (χ0) is 34.0. The number of amides is 4. The molecule has 6 atom stereocenters. The van der Waals surface area contributed by atoms with E-state index in [0.717, 1.165) is 6.92 Å². The average Bonchev–Trinajstić information content (AvgIpc) is 2.91. The number of carboxylic acids is 2. The van der Waals surface area contributed by atoms with Gasteiger partial charge in [-0.2, -0.15) is 0 Å². The summed E-state index contributed by atoms with van der Waals surface area (Å²) in [5.41, 5.74) is 16.7. The summed E-state index contributed by atoms with van der Waals surface area (Å²) < 4.78 is 0. The molecular formula is C26H49N9O9. The fraction of sp³-hybridized carbons (Fsp3) is 0.731. The molecule has 0 aliphatic rings. The number of carboxylic acid groups (broad SMARTS) is 2. The minimum atomic E-state index is -1.83. The van der Waals surface area contributed by atoms with Crippen LogP contribution in [0.25, 0.3) is 0 Å². The van der Waals surface area contributed by atoms with Crippen LogP contribution in [0.15, 0.2) is 0 Å². The number of hydrogen-bond acceptors (Lipinski definition) is 10. The summed E-state index contributed by atoms with van der Waals surface area (Å²) in [6.07, 6.45) is -0.421. The molecule has 18 nitrogen and oxygen atoms in total. The van der Waals surface area contributed by atoms with Crippen molar-refractivity contribution in [3.8, 4) is 0 Å². The van der Waals surface area contributed by atoms with Gasteiger partial charge in [0.15, 0.2) is 5.96 Å². The highest BCUT2D eigenvalue weighted by Crippen LogP contribution is 2.09. The van der Waals surface area contributed by atoms with Crippen molar-refractivity contribution in [2.24, 2.45) is 23.1 Å². The van der Waals surface area contributed by atoms with Gasteiger partial charge < -0.3 is 59.1 Å². The number of rotatable bonds is 22. The van der Waals surface area contributed by atoms with Gasteiger partial charge in [0, 0.05) is 6.54 Å². The summed E-state index contributed by atoms with van der Waals surface area (Å²) in [5.74, 6) is -6.92. The normalized spacial score (nSPS) is 15.1. The van der Waals surface area contributed by atoms with E-state index < -0.39 is 78.3 Å². The molecule has 0 aromatic rings. The smallest absolute Gasteiger partial charge is 0.326 e. The minimum absolute atomic E-state index is 0.0770. The molecule has 0 fully saturated rings. The molecule has 44 heavy (non-hydrogen) atoms. The van der Waals surface area contributed by atoms with Crippen LogP contribution in [0.5, 0.6) is 0 Å². The van der Waals surface area contributed by atoms with Crippen LogP contribution in [-0.2, 0) is 28.8 Å². The molecule has 252 valence electrons. The van der Waals surface area contributed by atoms with Crippen molar-refractivity contribution in [2.75, 3.05) is 13.1 Å². The Kier molecular flexibility index (Phi) is 18.9. The van der Waals surface area contributed by atoms with Crippen LogP contribution in [0.4, 0.5) is 0 Å². The van der Waals surface area contributed by atoms with Gasteiger partial charge in [0.05, 0.1) is 18.6 Å². The minimum Gasteiger partial charge on any atom is -0.481 e. The number of carbonyl (C=O) groups excluding carboxylic acids is 4. The Balaban J connectivity index is 5.84. The summed E-state index contributed by atoms with van der Waals surface area (Å²) >= 11 is 0. The molecule has 0 aliphatic heterocycles. The molecule has 18 heteroatoms. The van der Waals surface area contributed by atoms with E-state index in [1.165, 1.54) is 0 Å². The first kappa shape index (κ1) is 40.0. The first-order chi connectivity index (χ1) is 20.5. The lowest BCUT2D eigenvalue weighted by atomic mass is 10.0. The molecule has 0 unspecified atom stereocenters. The first-order valence-corrected chi connectivity index (χ1v) is 14.4. The van der Waals surface area contributed by atoms with Crippen molar-refractivity contribution in [3.63, 3.8) is 0 Å². The monoisotopic (exact) mass is 631 g/mol. The van der Waals surface area contributed by atoms with Gasteiger partial charge in [0.25, 0.3) is 0 Å². The quantitative estimate of drug-likeness (QED) is 0.0316. The topological polar surface area (TPSA) is 325 Å². The lowest BCUT2D eigenvalue weighted by molar-refractivity contribution is -0.148. The van der Waals surface area contributed by atoms with Crippen LogP contribution in [-0.4, -0.2) is 106 Å². The van der Waals surface area contributed by atoms with Gasteiger partial charge in [-0.25, -0.2) is 4.79 Å². The van der Waals surface area contributed by atoms with Gasteiger partial charge in [-0.05, 0) is 51.5 Å². The molecular weight excluding hydrogens is 582 g/mol.